The van der Waals surface area contributed by atoms with E-state index in [1.54, 1.807) is 11.3 Å². The number of benzene rings is 1. The van der Waals surface area contributed by atoms with Gasteiger partial charge < -0.3 is 5.32 Å². The van der Waals surface area contributed by atoms with Crippen LogP contribution in [0.4, 0.5) is 0 Å². The molecule has 0 bridgehead atoms. The number of carbonyl (C=O) groups excluding carboxylic acids is 1. The fraction of sp³-hybridized carbons (Fsp3) is 0.222. The van der Waals surface area contributed by atoms with Gasteiger partial charge in [-0.05, 0) is 35.9 Å². The fourth-order valence-electron chi connectivity index (χ4n) is 3.21. The standard InChI is InChI=1S/C18H16ClN3OS/c1-22-17-12-8-9-24-15(12)7-6-13(17)16(21-22)18(23)20-10-11-4-2-3-5-14(11)19/h2-5,8-9H,6-7,10H2,1H3,(H,20,23). The van der Waals surface area contributed by atoms with Gasteiger partial charge in [0.2, 0.25) is 0 Å². The predicted octanol–water partition coefficient (Wildman–Crippen LogP) is 3.83. The fourth-order valence-corrected chi connectivity index (χ4v) is 4.29. The number of amides is 1. The van der Waals surface area contributed by atoms with E-state index in [0.717, 1.165) is 29.7 Å². The predicted molar refractivity (Wildman–Crippen MR) is 96.6 cm³/mol. The van der Waals surface area contributed by atoms with Crippen LogP contribution in [0.1, 0.15) is 26.5 Å². The van der Waals surface area contributed by atoms with E-state index in [-0.39, 0.29) is 5.91 Å². The molecule has 0 spiro atoms. The number of hydrogen-bond acceptors (Lipinski definition) is 3. The van der Waals surface area contributed by atoms with Gasteiger partial charge >= 0.3 is 0 Å². The summed E-state index contributed by atoms with van der Waals surface area (Å²) in [7, 11) is 1.90. The number of nitrogens with one attached hydrogen (secondary N) is 1. The summed E-state index contributed by atoms with van der Waals surface area (Å²) < 4.78 is 1.82. The van der Waals surface area contributed by atoms with Crippen molar-refractivity contribution in [2.45, 2.75) is 19.4 Å². The maximum Gasteiger partial charge on any atom is 0.272 e. The Kier molecular flexibility index (Phi) is 3.90. The molecule has 122 valence electrons. The SMILES string of the molecule is Cn1nc(C(=O)NCc2ccccc2Cl)c2c1-c1ccsc1CC2. The maximum atomic E-state index is 12.6. The number of aryl methyl sites for hydroxylation is 2. The van der Waals surface area contributed by atoms with Crippen LogP contribution >= 0.6 is 22.9 Å². The number of fused-ring (bicyclic) bond motifs is 3. The third-order valence-corrected chi connectivity index (χ3v) is 5.71. The first kappa shape index (κ1) is 15.4. The lowest BCUT2D eigenvalue weighted by Gasteiger charge is -2.13. The van der Waals surface area contributed by atoms with E-state index in [0.29, 0.717) is 17.3 Å². The summed E-state index contributed by atoms with van der Waals surface area (Å²) in [4.78, 5) is 14.0. The molecule has 0 unspecified atom stereocenters. The van der Waals surface area contributed by atoms with Gasteiger partial charge in [0.1, 0.15) is 0 Å². The molecular formula is C18H16ClN3OS. The molecule has 6 heteroatoms. The molecule has 4 nitrogen and oxygen atoms in total. The third kappa shape index (κ3) is 2.54. The van der Waals surface area contributed by atoms with Crippen molar-refractivity contribution in [1.29, 1.82) is 0 Å². The zero-order chi connectivity index (χ0) is 16.7. The van der Waals surface area contributed by atoms with Gasteiger partial charge in [0.25, 0.3) is 5.91 Å². The van der Waals surface area contributed by atoms with Gasteiger partial charge in [0.15, 0.2) is 5.69 Å². The lowest BCUT2D eigenvalue weighted by Crippen LogP contribution is -2.24. The minimum absolute atomic E-state index is 0.148. The van der Waals surface area contributed by atoms with Crippen LogP contribution in [0.5, 0.6) is 0 Å². The highest BCUT2D eigenvalue weighted by atomic mass is 35.5. The highest BCUT2D eigenvalue weighted by molar-refractivity contribution is 7.10. The van der Waals surface area contributed by atoms with E-state index >= 15 is 0 Å². The van der Waals surface area contributed by atoms with Crippen molar-refractivity contribution in [3.8, 4) is 11.3 Å². The number of carbonyl (C=O) groups is 1. The average Bonchev–Trinajstić information content (AvgIpc) is 3.18. The Bertz CT molecular complexity index is 928. The van der Waals surface area contributed by atoms with Crippen molar-refractivity contribution in [3.63, 3.8) is 0 Å². The summed E-state index contributed by atoms with van der Waals surface area (Å²) in [5, 5.41) is 10.2. The smallest absolute Gasteiger partial charge is 0.272 e. The van der Waals surface area contributed by atoms with E-state index < -0.39 is 0 Å². The van der Waals surface area contributed by atoms with Gasteiger partial charge in [-0.15, -0.1) is 11.3 Å². The van der Waals surface area contributed by atoms with Crippen LogP contribution in [0.3, 0.4) is 0 Å². The zero-order valence-corrected chi connectivity index (χ0v) is 14.7. The molecule has 3 aromatic rings. The first-order valence-corrected chi connectivity index (χ1v) is 9.05. The summed E-state index contributed by atoms with van der Waals surface area (Å²) >= 11 is 7.92. The Morgan fingerprint density at radius 2 is 2.17 bits per heavy atom. The van der Waals surface area contributed by atoms with Crippen molar-refractivity contribution >= 4 is 28.8 Å². The van der Waals surface area contributed by atoms with Crippen molar-refractivity contribution in [1.82, 2.24) is 15.1 Å². The first-order chi connectivity index (χ1) is 11.6. The quantitative estimate of drug-likeness (QED) is 0.774. The molecule has 0 aliphatic heterocycles. The second kappa shape index (κ2) is 6.07. The average molecular weight is 358 g/mol. The molecule has 0 radical (unpaired) electrons. The highest BCUT2D eigenvalue weighted by Gasteiger charge is 2.27. The molecule has 1 aromatic carbocycles. The third-order valence-electron chi connectivity index (χ3n) is 4.36. The van der Waals surface area contributed by atoms with Crippen LogP contribution in [0.15, 0.2) is 35.7 Å². The summed E-state index contributed by atoms with van der Waals surface area (Å²) in [6, 6.07) is 9.64. The monoisotopic (exact) mass is 357 g/mol. The van der Waals surface area contributed by atoms with Crippen LogP contribution < -0.4 is 5.32 Å². The zero-order valence-electron chi connectivity index (χ0n) is 13.2. The van der Waals surface area contributed by atoms with Crippen molar-refractivity contribution in [2.75, 3.05) is 0 Å². The number of nitrogens with zero attached hydrogens (tertiary/aromatic N) is 2. The largest absolute Gasteiger partial charge is 0.346 e. The van der Waals surface area contributed by atoms with Gasteiger partial charge in [-0.3, -0.25) is 9.48 Å². The summed E-state index contributed by atoms with van der Waals surface area (Å²) in [5.74, 6) is -0.148. The van der Waals surface area contributed by atoms with Crippen LogP contribution in [-0.4, -0.2) is 15.7 Å². The Balaban J connectivity index is 1.61. The lowest BCUT2D eigenvalue weighted by atomic mass is 9.94. The van der Waals surface area contributed by atoms with Gasteiger partial charge in [0, 0.05) is 34.6 Å². The van der Waals surface area contributed by atoms with Crippen LogP contribution in [0.25, 0.3) is 11.3 Å². The normalized spacial score (nSPS) is 12.6. The van der Waals surface area contributed by atoms with E-state index in [2.05, 4.69) is 21.9 Å². The van der Waals surface area contributed by atoms with Crippen molar-refractivity contribution < 1.29 is 4.79 Å². The van der Waals surface area contributed by atoms with Gasteiger partial charge in [-0.25, -0.2) is 0 Å². The Hall–Kier alpha value is -2.11. The minimum Gasteiger partial charge on any atom is -0.346 e. The van der Waals surface area contributed by atoms with Crippen molar-refractivity contribution in [3.05, 3.63) is 62.4 Å². The minimum atomic E-state index is -0.148. The second-order valence-corrected chi connectivity index (χ2v) is 7.24. The van der Waals surface area contributed by atoms with Gasteiger partial charge in [-0.2, -0.15) is 5.10 Å². The summed E-state index contributed by atoms with van der Waals surface area (Å²) in [5.41, 5.74) is 4.75. The van der Waals surface area contributed by atoms with E-state index in [1.807, 2.05) is 36.0 Å². The molecule has 4 rings (SSSR count). The number of hydrogen-bond donors (Lipinski definition) is 1. The second-order valence-electron chi connectivity index (χ2n) is 5.83. The summed E-state index contributed by atoms with van der Waals surface area (Å²) in [6.45, 7) is 0.396. The van der Waals surface area contributed by atoms with E-state index in [9.17, 15) is 4.79 Å². The first-order valence-electron chi connectivity index (χ1n) is 7.79. The lowest BCUT2D eigenvalue weighted by molar-refractivity contribution is 0.0944. The molecule has 2 aromatic heterocycles. The number of aromatic nitrogens is 2. The number of halogens is 1. The van der Waals surface area contributed by atoms with Crippen LogP contribution in [0.2, 0.25) is 5.02 Å². The molecule has 2 heterocycles. The Morgan fingerprint density at radius 3 is 3.00 bits per heavy atom. The van der Waals surface area contributed by atoms with Crippen LogP contribution in [-0.2, 0) is 26.4 Å². The Labute approximate surface area is 149 Å². The van der Waals surface area contributed by atoms with E-state index in [1.165, 1.54) is 10.4 Å². The van der Waals surface area contributed by atoms with E-state index in [4.69, 9.17) is 11.6 Å². The molecular weight excluding hydrogens is 342 g/mol. The summed E-state index contributed by atoms with van der Waals surface area (Å²) in [6.07, 6.45) is 1.82. The maximum absolute atomic E-state index is 12.6. The number of thiophene rings is 1. The number of rotatable bonds is 3. The van der Waals surface area contributed by atoms with Gasteiger partial charge in [-0.1, -0.05) is 29.8 Å². The van der Waals surface area contributed by atoms with Gasteiger partial charge in [0.05, 0.1) is 5.69 Å². The molecule has 0 saturated heterocycles. The highest BCUT2D eigenvalue weighted by Crippen LogP contribution is 2.37. The molecule has 1 N–H and O–H groups in total. The topological polar surface area (TPSA) is 46.9 Å². The molecule has 0 fully saturated rings. The molecule has 24 heavy (non-hydrogen) atoms. The molecule has 1 aliphatic carbocycles. The Morgan fingerprint density at radius 1 is 1.33 bits per heavy atom. The molecule has 0 atom stereocenters. The van der Waals surface area contributed by atoms with Crippen molar-refractivity contribution in [2.24, 2.45) is 7.05 Å². The molecule has 1 aliphatic rings. The van der Waals surface area contributed by atoms with Crippen LogP contribution in [0, 0.1) is 0 Å². The molecule has 1 amide bonds. The molecule has 0 saturated carbocycles.